The summed E-state index contributed by atoms with van der Waals surface area (Å²) in [6.07, 6.45) is 10.4. The van der Waals surface area contributed by atoms with Gasteiger partial charge < -0.3 is 10.2 Å². The molecule has 2 aliphatic rings. The molecule has 0 aromatic carbocycles. The quantitative estimate of drug-likeness (QED) is 0.894. The predicted octanol–water partition coefficient (Wildman–Crippen LogP) is 2.89. The number of piperidine rings is 1. The van der Waals surface area contributed by atoms with Crippen molar-refractivity contribution in [3.63, 3.8) is 0 Å². The van der Waals surface area contributed by atoms with Gasteiger partial charge in [0.1, 0.15) is 5.76 Å². The van der Waals surface area contributed by atoms with Gasteiger partial charge in [-0.05, 0) is 50.3 Å². The van der Waals surface area contributed by atoms with Gasteiger partial charge in [-0.15, -0.1) is 0 Å². The van der Waals surface area contributed by atoms with E-state index in [1.165, 1.54) is 51.6 Å². The molecule has 1 saturated carbocycles. The fraction of sp³-hybridized carbons (Fsp3) is 0.733. The summed E-state index contributed by atoms with van der Waals surface area (Å²) in [6, 6.07) is 2.10. The van der Waals surface area contributed by atoms with Crippen molar-refractivity contribution in [1.82, 2.24) is 4.90 Å². The molecule has 3 heteroatoms. The number of likely N-dealkylation sites (tertiary alicyclic amines) is 1. The molecule has 1 aromatic rings. The van der Waals surface area contributed by atoms with E-state index >= 15 is 0 Å². The van der Waals surface area contributed by atoms with E-state index in [0.717, 1.165) is 17.9 Å². The average Bonchev–Trinajstić information content (AvgIpc) is 3.02. The first kappa shape index (κ1) is 12.2. The maximum Gasteiger partial charge on any atom is 0.118 e. The Balaban J connectivity index is 1.53. The molecule has 1 spiro atoms. The normalized spacial score (nSPS) is 23.8. The largest absolute Gasteiger partial charge is 0.468 e. The summed E-state index contributed by atoms with van der Waals surface area (Å²) in [6.45, 7) is 4.00. The number of hydrogen-bond donors (Lipinski definition) is 1. The number of rotatable bonds is 3. The van der Waals surface area contributed by atoms with Crippen molar-refractivity contribution in [2.45, 2.75) is 51.6 Å². The molecule has 0 amide bonds. The zero-order valence-corrected chi connectivity index (χ0v) is 11.2. The van der Waals surface area contributed by atoms with Gasteiger partial charge in [0.05, 0.1) is 12.8 Å². The van der Waals surface area contributed by atoms with Crippen LogP contribution in [-0.4, -0.2) is 18.0 Å². The second-order valence-electron chi connectivity index (χ2n) is 6.11. The van der Waals surface area contributed by atoms with Crippen LogP contribution < -0.4 is 5.73 Å². The smallest absolute Gasteiger partial charge is 0.118 e. The fourth-order valence-corrected chi connectivity index (χ4v) is 3.65. The molecule has 3 rings (SSSR count). The summed E-state index contributed by atoms with van der Waals surface area (Å²) in [7, 11) is 0. The summed E-state index contributed by atoms with van der Waals surface area (Å²) in [5.74, 6) is 1.07. The highest BCUT2D eigenvalue weighted by molar-refractivity contribution is 5.12. The van der Waals surface area contributed by atoms with E-state index in [1.807, 2.05) is 0 Å². The van der Waals surface area contributed by atoms with Gasteiger partial charge in [0.25, 0.3) is 0 Å². The number of nitrogens with two attached hydrogens (primary N) is 1. The van der Waals surface area contributed by atoms with Crippen LogP contribution in [0, 0.1) is 5.41 Å². The lowest BCUT2D eigenvalue weighted by molar-refractivity contribution is 0.0982. The van der Waals surface area contributed by atoms with E-state index in [9.17, 15) is 0 Å². The molecule has 0 radical (unpaired) electrons. The highest BCUT2D eigenvalue weighted by Crippen LogP contribution is 2.46. The minimum Gasteiger partial charge on any atom is -0.468 e. The molecule has 3 nitrogen and oxygen atoms in total. The summed E-state index contributed by atoms with van der Waals surface area (Å²) >= 11 is 0. The van der Waals surface area contributed by atoms with Crippen molar-refractivity contribution in [1.29, 1.82) is 0 Å². The summed E-state index contributed by atoms with van der Waals surface area (Å²) in [5.41, 5.74) is 7.42. The van der Waals surface area contributed by atoms with Gasteiger partial charge in [-0.2, -0.15) is 0 Å². The average molecular weight is 248 g/mol. The molecule has 2 heterocycles. The Bertz CT molecular complexity index is 383. The predicted molar refractivity (Wildman–Crippen MR) is 72.0 cm³/mol. The molecule has 2 N–H and O–H groups in total. The third-order valence-corrected chi connectivity index (χ3v) is 4.90. The monoisotopic (exact) mass is 248 g/mol. The van der Waals surface area contributed by atoms with Crippen LogP contribution in [-0.2, 0) is 13.1 Å². The molecule has 1 saturated heterocycles. The highest BCUT2D eigenvalue weighted by Gasteiger charge is 2.36. The lowest BCUT2D eigenvalue weighted by atomic mass is 9.77. The van der Waals surface area contributed by atoms with E-state index in [0.29, 0.717) is 12.0 Å². The second kappa shape index (κ2) is 5.06. The van der Waals surface area contributed by atoms with Crippen molar-refractivity contribution >= 4 is 0 Å². The molecule has 1 aliphatic carbocycles. The summed E-state index contributed by atoms with van der Waals surface area (Å²) in [5, 5.41) is 0. The van der Waals surface area contributed by atoms with Crippen LogP contribution >= 0.6 is 0 Å². The van der Waals surface area contributed by atoms with E-state index in [1.54, 1.807) is 6.26 Å². The maximum absolute atomic E-state index is 5.60. The van der Waals surface area contributed by atoms with Crippen LogP contribution in [0.15, 0.2) is 16.7 Å². The minimum absolute atomic E-state index is 0.576. The van der Waals surface area contributed by atoms with E-state index in [2.05, 4.69) is 11.0 Å². The van der Waals surface area contributed by atoms with Gasteiger partial charge >= 0.3 is 0 Å². The van der Waals surface area contributed by atoms with Crippen molar-refractivity contribution < 1.29 is 4.42 Å². The first-order valence-corrected chi connectivity index (χ1v) is 7.28. The Morgan fingerprint density at radius 2 is 1.89 bits per heavy atom. The maximum atomic E-state index is 5.60. The standard InChI is InChI=1S/C15H24N2O/c16-10-13-9-14(18-12-13)11-17-7-5-15(6-8-17)3-1-2-4-15/h9,12H,1-8,10-11,16H2. The SMILES string of the molecule is NCc1coc(CN2CCC3(CCCC3)CC2)c1. The van der Waals surface area contributed by atoms with Gasteiger partial charge in [-0.3, -0.25) is 4.90 Å². The van der Waals surface area contributed by atoms with Crippen molar-refractivity contribution in [3.05, 3.63) is 23.7 Å². The van der Waals surface area contributed by atoms with E-state index in [4.69, 9.17) is 10.2 Å². The molecule has 0 unspecified atom stereocenters. The molecular weight excluding hydrogens is 224 g/mol. The number of furan rings is 1. The highest BCUT2D eigenvalue weighted by atomic mass is 16.3. The second-order valence-corrected chi connectivity index (χ2v) is 6.11. The molecule has 0 bridgehead atoms. The van der Waals surface area contributed by atoms with Crippen molar-refractivity contribution in [2.75, 3.05) is 13.1 Å². The molecule has 100 valence electrons. The third-order valence-electron chi connectivity index (χ3n) is 4.90. The fourth-order valence-electron chi connectivity index (χ4n) is 3.65. The molecular formula is C15H24N2O. The Morgan fingerprint density at radius 3 is 2.50 bits per heavy atom. The summed E-state index contributed by atoms with van der Waals surface area (Å²) in [4.78, 5) is 2.53. The van der Waals surface area contributed by atoms with E-state index < -0.39 is 0 Å². The lowest BCUT2D eigenvalue weighted by Gasteiger charge is -2.39. The van der Waals surface area contributed by atoms with Crippen molar-refractivity contribution in [3.8, 4) is 0 Å². The molecule has 1 aromatic heterocycles. The topological polar surface area (TPSA) is 42.4 Å². The number of hydrogen-bond acceptors (Lipinski definition) is 3. The lowest BCUT2D eigenvalue weighted by Crippen LogP contribution is -2.38. The number of nitrogens with zero attached hydrogens (tertiary/aromatic N) is 1. The van der Waals surface area contributed by atoms with Crippen LogP contribution in [0.1, 0.15) is 49.8 Å². The van der Waals surface area contributed by atoms with Crippen molar-refractivity contribution in [2.24, 2.45) is 11.1 Å². The Kier molecular flexibility index (Phi) is 3.44. The zero-order valence-electron chi connectivity index (χ0n) is 11.2. The van der Waals surface area contributed by atoms with Gasteiger partial charge in [-0.1, -0.05) is 12.8 Å². The molecule has 0 atom stereocenters. The van der Waals surface area contributed by atoms with Crippen LogP contribution in [0.25, 0.3) is 0 Å². The van der Waals surface area contributed by atoms with Gasteiger partial charge in [0, 0.05) is 12.1 Å². The Morgan fingerprint density at radius 1 is 1.17 bits per heavy atom. The third kappa shape index (κ3) is 2.47. The van der Waals surface area contributed by atoms with Crippen LogP contribution in [0.2, 0.25) is 0 Å². The van der Waals surface area contributed by atoms with E-state index in [-0.39, 0.29) is 0 Å². The van der Waals surface area contributed by atoms with Gasteiger partial charge in [0.15, 0.2) is 0 Å². The summed E-state index contributed by atoms with van der Waals surface area (Å²) < 4.78 is 5.55. The zero-order chi connectivity index (χ0) is 12.4. The van der Waals surface area contributed by atoms with Crippen LogP contribution in [0.4, 0.5) is 0 Å². The first-order chi connectivity index (χ1) is 8.80. The van der Waals surface area contributed by atoms with Gasteiger partial charge in [-0.25, -0.2) is 0 Å². The van der Waals surface area contributed by atoms with Crippen LogP contribution in [0.5, 0.6) is 0 Å². The van der Waals surface area contributed by atoms with Gasteiger partial charge in [0.2, 0.25) is 0 Å². The molecule has 1 aliphatic heterocycles. The Hall–Kier alpha value is -0.800. The first-order valence-electron chi connectivity index (χ1n) is 7.28. The molecule has 2 fully saturated rings. The minimum atomic E-state index is 0.576. The van der Waals surface area contributed by atoms with Crippen LogP contribution in [0.3, 0.4) is 0 Å². The Labute approximate surface area is 109 Å². The molecule has 18 heavy (non-hydrogen) atoms.